The smallest absolute Gasteiger partial charge is 0.331 e. The molecule has 0 unspecified atom stereocenters. The number of aromatic hydroxyl groups is 1. The van der Waals surface area contributed by atoms with Gasteiger partial charge in [-0.25, -0.2) is 4.79 Å². The highest BCUT2D eigenvalue weighted by Crippen LogP contribution is 2.50. The largest absolute Gasteiger partial charge is 0.494 e. The van der Waals surface area contributed by atoms with E-state index >= 15 is 0 Å². The van der Waals surface area contributed by atoms with Crippen LogP contribution in [0.5, 0.6) is 5.88 Å². The van der Waals surface area contributed by atoms with Gasteiger partial charge in [0.1, 0.15) is 0 Å². The van der Waals surface area contributed by atoms with E-state index in [1.54, 1.807) is 7.11 Å². The molecule has 6 heteroatoms. The molecule has 0 aromatic carbocycles. The lowest BCUT2D eigenvalue weighted by atomic mass is 10.0. The van der Waals surface area contributed by atoms with Gasteiger partial charge in [-0.15, -0.1) is 0 Å². The van der Waals surface area contributed by atoms with Gasteiger partial charge in [0.15, 0.2) is 0 Å². The quantitative estimate of drug-likeness (QED) is 0.762. The Morgan fingerprint density at radius 1 is 1.53 bits per heavy atom. The first-order valence-electron chi connectivity index (χ1n) is 5.58. The summed E-state index contributed by atoms with van der Waals surface area (Å²) in [5.41, 5.74) is -1.10. The van der Waals surface area contributed by atoms with E-state index in [-0.39, 0.29) is 11.3 Å². The van der Waals surface area contributed by atoms with Crippen molar-refractivity contribution in [3.63, 3.8) is 0 Å². The average molecular weight is 240 g/mol. The molecule has 0 spiro atoms. The standard InChI is InChI=1S/C11H16N2O4/c1-17-5-4-11(2-3-11)7-13-9(15)6-8(14)12-10(13)16/h6,15H,2-5,7H2,1H3,(H,12,14,16). The Morgan fingerprint density at radius 2 is 2.24 bits per heavy atom. The third kappa shape index (κ3) is 2.58. The van der Waals surface area contributed by atoms with Crippen molar-refractivity contribution >= 4 is 0 Å². The van der Waals surface area contributed by atoms with Crippen LogP contribution >= 0.6 is 0 Å². The molecule has 1 fully saturated rings. The maximum absolute atomic E-state index is 11.6. The molecule has 6 nitrogen and oxygen atoms in total. The number of methoxy groups -OCH3 is 1. The van der Waals surface area contributed by atoms with Crippen LogP contribution in [-0.2, 0) is 11.3 Å². The number of ether oxygens (including phenoxy) is 1. The molecule has 1 saturated carbocycles. The molecule has 2 N–H and O–H groups in total. The predicted octanol–water partition coefficient (Wildman–Crippen LogP) is 0.0589. The summed E-state index contributed by atoms with van der Waals surface area (Å²) in [4.78, 5) is 24.7. The molecule has 2 rings (SSSR count). The van der Waals surface area contributed by atoms with E-state index < -0.39 is 11.2 Å². The Kier molecular flexibility index (Phi) is 3.06. The number of hydrogen-bond acceptors (Lipinski definition) is 4. The molecular weight excluding hydrogens is 224 g/mol. The topological polar surface area (TPSA) is 84.3 Å². The Hall–Kier alpha value is -1.56. The van der Waals surface area contributed by atoms with Crippen LogP contribution in [0.1, 0.15) is 19.3 Å². The first-order valence-corrected chi connectivity index (χ1v) is 5.58. The molecule has 0 atom stereocenters. The van der Waals surface area contributed by atoms with Crippen LogP contribution in [0.15, 0.2) is 15.7 Å². The van der Waals surface area contributed by atoms with Crippen molar-refractivity contribution < 1.29 is 9.84 Å². The van der Waals surface area contributed by atoms with Gasteiger partial charge < -0.3 is 9.84 Å². The predicted molar refractivity (Wildman–Crippen MR) is 61.1 cm³/mol. The second-order valence-corrected chi connectivity index (χ2v) is 4.63. The van der Waals surface area contributed by atoms with Crippen molar-refractivity contribution in [1.29, 1.82) is 0 Å². The molecule has 1 aromatic heterocycles. The molecule has 1 aliphatic carbocycles. The van der Waals surface area contributed by atoms with Crippen LogP contribution in [0.4, 0.5) is 0 Å². The molecular formula is C11H16N2O4. The minimum atomic E-state index is -0.578. The van der Waals surface area contributed by atoms with Crippen molar-refractivity contribution in [2.45, 2.75) is 25.8 Å². The van der Waals surface area contributed by atoms with Gasteiger partial charge in [-0.1, -0.05) is 0 Å². The van der Waals surface area contributed by atoms with Crippen LogP contribution in [0.3, 0.4) is 0 Å². The molecule has 0 radical (unpaired) electrons. The Labute approximate surface area is 97.9 Å². The molecule has 0 saturated heterocycles. The fourth-order valence-corrected chi connectivity index (χ4v) is 1.98. The highest BCUT2D eigenvalue weighted by molar-refractivity contribution is 5.08. The molecule has 0 bridgehead atoms. The lowest BCUT2D eigenvalue weighted by Crippen LogP contribution is -2.31. The normalized spacial score (nSPS) is 17.0. The van der Waals surface area contributed by atoms with Crippen LogP contribution < -0.4 is 11.2 Å². The summed E-state index contributed by atoms with van der Waals surface area (Å²) in [6.45, 7) is 1.07. The number of H-pyrrole nitrogens is 1. The Balaban J connectivity index is 2.19. The maximum Gasteiger partial charge on any atom is 0.331 e. The number of hydrogen-bond donors (Lipinski definition) is 2. The van der Waals surface area contributed by atoms with E-state index in [0.29, 0.717) is 13.2 Å². The van der Waals surface area contributed by atoms with Gasteiger partial charge in [0.2, 0.25) is 5.88 Å². The zero-order chi connectivity index (χ0) is 12.5. The first-order chi connectivity index (χ1) is 8.06. The monoisotopic (exact) mass is 240 g/mol. The van der Waals surface area contributed by atoms with Crippen LogP contribution in [0.2, 0.25) is 0 Å². The lowest BCUT2D eigenvalue weighted by Gasteiger charge is -2.16. The summed E-state index contributed by atoms with van der Waals surface area (Å²) in [6.07, 6.45) is 2.89. The minimum absolute atomic E-state index is 0.0373. The maximum atomic E-state index is 11.6. The number of rotatable bonds is 5. The van der Waals surface area contributed by atoms with Gasteiger partial charge in [-0.05, 0) is 24.7 Å². The average Bonchev–Trinajstić information content (AvgIpc) is 3.01. The zero-order valence-corrected chi connectivity index (χ0v) is 9.73. The number of nitrogens with zero attached hydrogens (tertiary/aromatic N) is 1. The SMILES string of the molecule is COCCC1(Cn2c(O)cc(=O)[nH]c2=O)CC1. The van der Waals surface area contributed by atoms with E-state index in [2.05, 4.69) is 4.98 Å². The van der Waals surface area contributed by atoms with Crippen molar-refractivity contribution in [2.75, 3.05) is 13.7 Å². The summed E-state index contributed by atoms with van der Waals surface area (Å²) < 4.78 is 6.24. The Morgan fingerprint density at radius 3 is 2.76 bits per heavy atom. The molecule has 0 aliphatic heterocycles. The molecule has 94 valence electrons. The third-order valence-electron chi connectivity index (χ3n) is 3.30. The van der Waals surface area contributed by atoms with Crippen molar-refractivity contribution in [1.82, 2.24) is 9.55 Å². The zero-order valence-electron chi connectivity index (χ0n) is 9.73. The molecule has 1 heterocycles. The van der Waals surface area contributed by atoms with Crippen molar-refractivity contribution in [3.05, 3.63) is 26.9 Å². The second-order valence-electron chi connectivity index (χ2n) is 4.63. The Bertz CT molecular complexity index is 513. The second kappa shape index (κ2) is 4.37. The van der Waals surface area contributed by atoms with E-state index in [1.165, 1.54) is 4.57 Å². The van der Waals surface area contributed by atoms with Crippen LogP contribution in [-0.4, -0.2) is 28.4 Å². The van der Waals surface area contributed by atoms with E-state index in [0.717, 1.165) is 25.3 Å². The summed E-state index contributed by atoms with van der Waals surface area (Å²) in [6, 6.07) is 1.02. The van der Waals surface area contributed by atoms with Crippen LogP contribution in [0, 0.1) is 5.41 Å². The van der Waals surface area contributed by atoms with Gasteiger partial charge in [0.25, 0.3) is 5.56 Å². The molecule has 1 aromatic rings. The first kappa shape index (κ1) is 11.9. The van der Waals surface area contributed by atoms with E-state index in [4.69, 9.17) is 4.74 Å². The van der Waals surface area contributed by atoms with Crippen molar-refractivity contribution in [3.8, 4) is 5.88 Å². The lowest BCUT2D eigenvalue weighted by molar-refractivity contribution is 0.164. The van der Waals surface area contributed by atoms with E-state index in [9.17, 15) is 14.7 Å². The highest BCUT2D eigenvalue weighted by atomic mass is 16.5. The third-order valence-corrected chi connectivity index (χ3v) is 3.30. The van der Waals surface area contributed by atoms with Crippen LogP contribution in [0.25, 0.3) is 0 Å². The van der Waals surface area contributed by atoms with Gasteiger partial charge in [-0.3, -0.25) is 14.3 Å². The molecule has 17 heavy (non-hydrogen) atoms. The summed E-state index contributed by atoms with van der Waals surface area (Å²) in [5, 5.41) is 9.60. The van der Waals surface area contributed by atoms with Gasteiger partial charge in [-0.2, -0.15) is 0 Å². The van der Waals surface area contributed by atoms with Gasteiger partial charge in [0, 0.05) is 20.3 Å². The number of nitrogens with one attached hydrogen (secondary N) is 1. The summed E-state index contributed by atoms with van der Waals surface area (Å²) in [7, 11) is 1.64. The fraction of sp³-hybridized carbons (Fsp3) is 0.636. The minimum Gasteiger partial charge on any atom is -0.494 e. The highest BCUT2D eigenvalue weighted by Gasteiger charge is 2.42. The van der Waals surface area contributed by atoms with E-state index in [1.807, 2.05) is 0 Å². The molecule has 0 amide bonds. The summed E-state index contributed by atoms with van der Waals surface area (Å²) >= 11 is 0. The number of aromatic nitrogens is 2. The van der Waals surface area contributed by atoms with Crippen molar-refractivity contribution in [2.24, 2.45) is 5.41 Å². The fourth-order valence-electron chi connectivity index (χ4n) is 1.98. The molecule has 1 aliphatic rings. The summed E-state index contributed by atoms with van der Waals surface area (Å²) in [5.74, 6) is -0.276. The number of aromatic amines is 1. The van der Waals surface area contributed by atoms with Gasteiger partial charge in [0.05, 0.1) is 6.07 Å². The van der Waals surface area contributed by atoms with Gasteiger partial charge >= 0.3 is 5.69 Å².